The number of nitrogens with zero attached hydrogens (tertiary/aromatic N) is 1. The van der Waals surface area contributed by atoms with E-state index < -0.39 is 0 Å². The topological polar surface area (TPSA) is 3.24 Å². The van der Waals surface area contributed by atoms with Crippen molar-refractivity contribution in [3.05, 3.63) is 102 Å². The molecule has 0 radical (unpaired) electrons. The highest BCUT2D eigenvalue weighted by Gasteiger charge is 2.40. The van der Waals surface area contributed by atoms with Crippen molar-refractivity contribution < 1.29 is 0 Å². The Morgan fingerprint density at radius 3 is 2.21 bits per heavy atom. The number of hydrogen-bond acceptors (Lipinski definition) is 1. The summed E-state index contributed by atoms with van der Waals surface area (Å²) in [6.07, 6.45) is 16.5. The van der Waals surface area contributed by atoms with Crippen molar-refractivity contribution in [2.75, 3.05) is 11.4 Å². The van der Waals surface area contributed by atoms with Crippen molar-refractivity contribution >= 4 is 5.69 Å². The molecule has 0 spiro atoms. The fourth-order valence-electron chi connectivity index (χ4n) is 4.18. The van der Waals surface area contributed by atoms with Crippen LogP contribution in [0.5, 0.6) is 0 Å². The van der Waals surface area contributed by atoms with Crippen LogP contribution in [0.25, 0.3) is 0 Å². The number of benzene rings is 1. The zero-order valence-corrected chi connectivity index (χ0v) is 19.3. The van der Waals surface area contributed by atoms with Gasteiger partial charge in [-0.05, 0) is 50.0 Å². The lowest BCUT2D eigenvalue weighted by molar-refractivity contribution is 0.466. The van der Waals surface area contributed by atoms with Gasteiger partial charge in [0.1, 0.15) is 0 Å². The molecule has 29 heavy (non-hydrogen) atoms. The largest absolute Gasteiger partial charge is 0.337 e. The van der Waals surface area contributed by atoms with Crippen molar-refractivity contribution in [1.82, 2.24) is 0 Å². The van der Waals surface area contributed by atoms with E-state index in [0.717, 1.165) is 19.4 Å². The number of anilines is 1. The molecule has 1 aliphatic rings. The van der Waals surface area contributed by atoms with E-state index in [4.69, 9.17) is 0 Å². The molecule has 1 aromatic carbocycles. The SMILES string of the molecule is C=CC1=C(C=C)C(CC)(CC)c2ccccc2N1C/C(C)=C/C=C\C=C/C.CC. The third kappa shape index (κ3) is 5.09. The van der Waals surface area contributed by atoms with Crippen molar-refractivity contribution in [1.29, 1.82) is 0 Å². The summed E-state index contributed by atoms with van der Waals surface area (Å²) in [5, 5.41) is 0. The molecule has 0 aromatic heterocycles. The quantitative estimate of drug-likeness (QED) is 0.404. The van der Waals surface area contributed by atoms with Crippen LogP contribution in [0.3, 0.4) is 0 Å². The lowest BCUT2D eigenvalue weighted by Crippen LogP contribution is -2.39. The van der Waals surface area contributed by atoms with Gasteiger partial charge in [-0.25, -0.2) is 0 Å². The molecule has 0 bridgehead atoms. The number of fused-ring (bicyclic) bond motifs is 1. The molecule has 0 fully saturated rings. The van der Waals surface area contributed by atoms with Gasteiger partial charge in [0.25, 0.3) is 0 Å². The number of allylic oxidation sites excluding steroid dienone is 8. The first-order valence-corrected chi connectivity index (χ1v) is 10.9. The molecule has 1 aromatic rings. The Labute approximate surface area is 179 Å². The second-order valence-electron chi connectivity index (χ2n) is 7.02. The summed E-state index contributed by atoms with van der Waals surface area (Å²) in [4.78, 5) is 2.39. The number of para-hydroxylation sites is 1. The third-order valence-corrected chi connectivity index (χ3v) is 5.60. The Kier molecular flexibility index (Phi) is 10.2. The highest BCUT2D eigenvalue weighted by molar-refractivity contribution is 5.71. The van der Waals surface area contributed by atoms with E-state index >= 15 is 0 Å². The summed E-state index contributed by atoms with van der Waals surface area (Å²) in [7, 11) is 0. The lowest BCUT2D eigenvalue weighted by Gasteiger charge is -2.45. The average molecular weight is 390 g/mol. The normalized spacial score (nSPS) is 15.9. The van der Waals surface area contributed by atoms with Crippen LogP contribution >= 0.6 is 0 Å². The summed E-state index contributed by atoms with van der Waals surface area (Å²) in [5.74, 6) is 0. The third-order valence-electron chi connectivity index (χ3n) is 5.60. The maximum Gasteiger partial charge on any atom is 0.0455 e. The fraction of sp³-hybridized carbons (Fsp3) is 0.357. The number of rotatable bonds is 8. The van der Waals surface area contributed by atoms with Crippen LogP contribution in [0, 0.1) is 0 Å². The molecule has 1 heteroatoms. The van der Waals surface area contributed by atoms with Crippen LogP contribution in [0.15, 0.2) is 96.8 Å². The van der Waals surface area contributed by atoms with Crippen LogP contribution in [0.2, 0.25) is 0 Å². The smallest absolute Gasteiger partial charge is 0.0455 e. The van der Waals surface area contributed by atoms with E-state index in [1.807, 2.05) is 45.1 Å². The van der Waals surface area contributed by atoms with E-state index in [-0.39, 0.29) is 5.41 Å². The Morgan fingerprint density at radius 1 is 1.00 bits per heavy atom. The monoisotopic (exact) mass is 389 g/mol. The molecule has 0 N–H and O–H groups in total. The molecule has 0 aliphatic carbocycles. The molecule has 2 rings (SSSR count). The van der Waals surface area contributed by atoms with Crippen molar-refractivity contribution in [2.24, 2.45) is 0 Å². The van der Waals surface area contributed by atoms with Crippen LogP contribution in [0.1, 0.15) is 59.9 Å². The summed E-state index contributed by atoms with van der Waals surface area (Å²) >= 11 is 0. The maximum absolute atomic E-state index is 4.16. The minimum atomic E-state index is 0.00179. The van der Waals surface area contributed by atoms with Gasteiger partial charge in [0.15, 0.2) is 0 Å². The molecule has 156 valence electrons. The Morgan fingerprint density at radius 2 is 1.66 bits per heavy atom. The summed E-state index contributed by atoms with van der Waals surface area (Å²) in [6.45, 7) is 21.9. The van der Waals surface area contributed by atoms with Crippen molar-refractivity contribution in [2.45, 2.75) is 59.8 Å². The first kappa shape index (κ1) is 24.5. The van der Waals surface area contributed by atoms with Crippen LogP contribution in [-0.2, 0) is 5.41 Å². The summed E-state index contributed by atoms with van der Waals surface area (Å²) in [6, 6.07) is 8.80. The van der Waals surface area contributed by atoms with Gasteiger partial charge in [0.2, 0.25) is 0 Å². The molecular formula is C28H39N. The van der Waals surface area contributed by atoms with E-state index in [0.29, 0.717) is 0 Å². The second kappa shape index (κ2) is 12.1. The Balaban J connectivity index is 0.00000204. The number of hydrogen-bond donors (Lipinski definition) is 0. The van der Waals surface area contributed by atoms with Crippen LogP contribution in [-0.4, -0.2) is 6.54 Å². The molecule has 1 aliphatic heterocycles. The first-order valence-electron chi connectivity index (χ1n) is 10.9. The molecule has 0 saturated carbocycles. The van der Waals surface area contributed by atoms with Gasteiger partial charge in [0.05, 0.1) is 0 Å². The summed E-state index contributed by atoms with van der Waals surface area (Å²) in [5.41, 5.74) is 6.45. The minimum Gasteiger partial charge on any atom is -0.337 e. The van der Waals surface area contributed by atoms with Crippen molar-refractivity contribution in [3.63, 3.8) is 0 Å². The van der Waals surface area contributed by atoms with Gasteiger partial charge < -0.3 is 4.90 Å². The molecule has 1 heterocycles. The predicted molar refractivity (Wildman–Crippen MR) is 133 cm³/mol. The average Bonchev–Trinajstić information content (AvgIpc) is 2.77. The summed E-state index contributed by atoms with van der Waals surface area (Å²) < 4.78 is 0. The van der Waals surface area contributed by atoms with E-state index in [9.17, 15) is 0 Å². The minimum absolute atomic E-state index is 0.00179. The zero-order chi connectivity index (χ0) is 21.9. The van der Waals surface area contributed by atoms with Crippen LogP contribution < -0.4 is 4.90 Å². The lowest BCUT2D eigenvalue weighted by atomic mass is 9.66. The van der Waals surface area contributed by atoms with Gasteiger partial charge in [0, 0.05) is 23.3 Å². The molecule has 1 nitrogen and oxygen atoms in total. The van der Waals surface area contributed by atoms with Gasteiger partial charge in [-0.1, -0.05) is 101 Å². The molecule has 0 unspecified atom stereocenters. The van der Waals surface area contributed by atoms with E-state index in [1.54, 1.807) is 0 Å². The Bertz CT molecular complexity index is 797. The molecule has 0 amide bonds. The molecular weight excluding hydrogens is 350 g/mol. The van der Waals surface area contributed by atoms with E-state index in [2.05, 4.69) is 81.3 Å². The first-order chi connectivity index (χ1) is 14.1. The Hall–Kier alpha value is -2.54. The van der Waals surface area contributed by atoms with Gasteiger partial charge >= 0.3 is 0 Å². The zero-order valence-electron chi connectivity index (χ0n) is 19.3. The highest BCUT2D eigenvalue weighted by Crippen LogP contribution is 2.50. The standard InChI is InChI=1S/C26H33N.C2H6/c1-7-12-13-14-17-21(6)20-27-24(9-3)22(8-2)26(10-4,11-5)23-18-15-16-19-25(23)27;1-2/h7-9,12-19H,2-3,10-11,20H2,1,4-6H3;1-2H3/b12-7-,14-13-,21-17+;. The molecule has 0 atom stereocenters. The maximum atomic E-state index is 4.16. The fourth-order valence-corrected chi connectivity index (χ4v) is 4.18. The second-order valence-corrected chi connectivity index (χ2v) is 7.02. The van der Waals surface area contributed by atoms with Gasteiger partial charge in [-0.15, -0.1) is 0 Å². The van der Waals surface area contributed by atoms with Crippen molar-refractivity contribution in [3.8, 4) is 0 Å². The van der Waals surface area contributed by atoms with Gasteiger partial charge in [-0.2, -0.15) is 0 Å². The van der Waals surface area contributed by atoms with E-state index in [1.165, 1.54) is 28.1 Å². The highest BCUT2D eigenvalue weighted by atomic mass is 15.2. The predicted octanol–water partition coefficient (Wildman–Crippen LogP) is 8.30. The van der Waals surface area contributed by atoms with Gasteiger partial charge in [-0.3, -0.25) is 0 Å². The van der Waals surface area contributed by atoms with Crippen LogP contribution in [0.4, 0.5) is 5.69 Å². The molecule has 0 saturated heterocycles.